The van der Waals surface area contributed by atoms with Gasteiger partial charge in [0.1, 0.15) is 10.9 Å². The molecule has 0 atom stereocenters. The van der Waals surface area contributed by atoms with Crippen molar-refractivity contribution in [3.8, 4) is 6.07 Å². The first-order valence-electron chi connectivity index (χ1n) is 3.56. The van der Waals surface area contributed by atoms with Crippen LogP contribution in [0.15, 0.2) is 12.1 Å². The summed E-state index contributed by atoms with van der Waals surface area (Å²) in [5, 5.41) is 16.6. The quantitative estimate of drug-likeness (QED) is 0.840. The second kappa shape index (κ2) is 3.72. The molecule has 0 aliphatic carbocycles. The van der Waals surface area contributed by atoms with Crippen molar-refractivity contribution in [2.45, 2.75) is 12.3 Å². The maximum atomic E-state index is 12.7. The lowest BCUT2D eigenvalue weighted by molar-refractivity contribution is -0.164. The highest BCUT2D eigenvalue weighted by atomic mass is 32.1. The minimum absolute atomic E-state index is 0.189. The van der Waals surface area contributed by atoms with Crippen molar-refractivity contribution in [2.75, 3.05) is 0 Å². The number of carbonyl (C=O) groups is 1. The lowest BCUT2D eigenvalue weighted by Gasteiger charge is -2.08. The Balaban J connectivity index is 2.79. The zero-order valence-corrected chi connectivity index (χ0v) is 7.65. The van der Waals surface area contributed by atoms with Crippen LogP contribution in [-0.2, 0) is 11.2 Å². The molecule has 0 bridgehead atoms. The van der Waals surface area contributed by atoms with Gasteiger partial charge in [0.25, 0.3) is 0 Å². The standard InChI is InChI=1S/C8H5F2NO2S/c9-8(10,7(12)13)3-5-1-2-6(4-11)14-5/h1-2H,3H2,(H,12,13). The van der Waals surface area contributed by atoms with Crippen LogP contribution in [0.1, 0.15) is 9.75 Å². The van der Waals surface area contributed by atoms with E-state index >= 15 is 0 Å². The van der Waals surface area contributed by atoms with Crippen LogP contribution in [0.3, 0.4) is 0 Å². The molecule has 0 unspecified atom stereocenters. The first-order chi connectivity index (χ1) is 6.45. The van der Waals surface area contributed by atoms with Crippen LogP contribution < -0.4 is 0 Å². The first kappa shape index (κ1) is 10.6. The Morgan fingerprint density at radius 1 is 1.64 bits per heavy atom. The predicted molar refractivity (Wildman–Crippen MR) is 45.3 cm³/mol. The molecule has 14 heavy (non-hydrogen) atoms. The average Bonchev–Trinajstić information content (AvgIpc) is 2.51. The van der Waals surface area contributed by atoms with Gasteiger partial charge in [0.15, 0.2) is 0 Å². The molecule has 6 heteroatoms. The lowest BCUT2D eigenvalue weighted by Crippen LogP contribution is -2.30. The summed E-state index contributed by atoms with van der Waals surface area (Å²) < 4.78 is 25.3. The Bertz CT molecular complexity index is 394. The van der Waals surface area contributed by atoms with Gasteiger partial charge in [-0.25, -0.2) is 4.79 Å². The Hall–Kier alpha value is -1.48. The summed E-state index contributed by atoms with van der Waals surface area (Å²) in [7, 11) is 0. The van der Waals surface area contributed by atoms with E-state index in [1.54, 1.807) is 6.07 Å². The summed E-state index contributed by atoms with van der Waals surface area (Å²) in [6.45, 7) is 0. The number of nitriles is 1. The van der Waals surface area contributed by atoms with Crippen molar-refractivity contribution in [2.24, 2.45) is 0 Å². The molecule has 1 rings (SSSR count). The van der Waals surface area contributed by atoms with Crippen molar-refractivity contribution in [1.82, 2.24) is 0 Å². The van der Waals surface area contributed by atoms with E-state index in [1.807, 2.05) is 0 Å². The number of carboxylic acids is 1. The summed E-state index contributed by atoms with van der Waals surface area (Å²) >= 11 is 0.873. The monoisotopic (exact) mass is 217 g/mol. The zero-order chi connectivity index (χ0) is 10.8. The summed E-state index contributed by atoms with van der Waals surface area (Å²) in [4.78, 5) is 10.6. The number of nitrogens with zero attached hydrogens (tertiary/aromatic N) is 1. The van der Waals surface area contributed by atoms with E-state index in [2.05, 4.69) is 0 Å². The summed E-state index contributed by atoms with van der Waals surface area (Å²) in [6, 6.07) is 4.51. The number of halogens is 2. The Kier molecular flexibility index (Phi) is 2.81. The fourth-order valence-corrected chi connectivity index (χ4v) is 1.68. The van der Waals surface area contributed by atoms with Gasteiger partial charge in [-0.2, -0.15) is 14.0 Å². The van der Waals surface area contributed by atoms with Crippen molar-refractivity contribution < 1.29 is 18.7 Å². The Labute approximate surface area is 82.2 Å². The highest BCUT2D eigenvalue weighted by Crippen LogP contribution is 2.25. The normalized spacial score (nSPS) is 10.9. The molecule has 1 aromatic rings. The second-order valence-electron chi connectivity index (χ2n) is 2.56. The number of hydrogen-bond donors (Lipinski definition) is 1. The predicted octanol–water partition coefficient (Wildman–Crippen LogP) is 1.88. The maximum absolute atomic E-state index is 12.7. The van der Waals surface area contributed by atoms with Crippen LogP contribution in [0.5, 0.6) is 0 Å². The summed E-state index contributed by atoms with van der Waals surface area (Å²) in [5.74, 6) is -5.91. The third-order valence-corrected chi connectivity index (χ3v) is 2.47. The zero-order valence-electron chi connectivity index (χ0n) is 6.83. The van der Waals surface area contributed by atoms with Crippen LogP contribution >= 0.6 is 11.3 Å². The number of thiophene rings is 1. The van der Waals surface area contributed by atoms with Crippen molar-refractivity contribution in [1.29, 1.82) is 5.26 Å². The van der Waals surface area contributed by atoms with E-state index in [-0.39, 0.29) is 4.88 Å². The molecule has 0 aliphatic heterocycles. The number of rotatable bonds is 3. The van der Waals surface area contributed by atoms with E-state index in [4.69, 9.17) is 10.4 Å². The molecule has 0 radical (unpaired) electrons. The topological polar surface area (TPSA) is 61.1 Å². The SMILES string of the molecule is N#Cc1ccc(CC(F)(F)C(=O)O)s1. The molecule has 3 nitrogen and oxygen atoms in total. The van der Waals surface area contributed by atoms with Crippen LogP contribution in [0, 0.1) is 11.3 Å². The van der Waals surface area contributed by atoms with Crippen molar-refractivity contribution >= 4 is 17.3 Å². The van der Waals surface area contributed by atoms with Crippen LogP contribution in [-0.4, -0.2) is 17.0 Å². The van der Waals surface area contributed by atoms with Crippen LogP contribution in [0.4, 0.5) is 8.78 Å². The smallest absolute Gasteiger partial charge is 0.374 e. The number of aliphatic carboxylic acids is 1. The maximum Gasteiger partial charge on any atom is 0.374 e. The second-order valence-corrected chi connectivity index (χ2v) is 3.73. The molecule has 1 aromatic heterocycles. The van der Waals surface area contributed by atoms with Gasteiger partial charge in [0, 0.05) is 4.88 Å². The highest BCUT2D eigenvalue weighted by Gasteiger charge is 2.39. The van der Waals surface area contributed by atoms with Crippen molar-refractivity contribution in [3.05, 3.63) is 21.9 Å². The largest absolute Gasteiger partial charge is 0.477 e. The molecule has 0 aliphatic rings. The molecule has 0 aromatic carbocycles. The summed E-state index contributed by atoms with van der Waals surface area (Å²) in [5.41, 5.74) is 0. The number of alkyl halides is 2. The van der Waals surface area contributed by atoms with Crippen LogP contribution in [0.25, 0.3) is 0 Å². The molecule has 0 spiro atoms. The molecule has 1 heterocycles. The first-order valence-corrected chi connectivity index (χ1v) is 4.37. The van der Waals surface area contributed by atoms with Gasteiger partial charge in [-0.05, 0) is 12.1 Å². The number of carboxylic acid groups (broad SMARTS) is 1. The Morgan fingerprint density at radius 2 is 2.29 bits per heavy atom. The molecule has 0 fully saturated rings. The highest BCUT2D eigenvalue weighted by molar-refractivity contribution is 7.12. The third kappa shape index (κ3) is 2.26. The van der Waals surface area contributed by atoms with Gasteiger partial charge in [-0.1, -0.05) is 0 Å². The van der Waals surface area contributed by atoms with Crippen LogP contribution in [0.2, 0.25) is 0 Å². The fourth-order valence-electron chi connectivity index (χ4n) is 0.827. The molecule has 1 N–H and O–H groups in total. The van der Waals surface area contributed by atoms with E-state index in [9.17, 15) is 13.6 Å². The third-order valence-electron chi connectivity index (χ3n) is 1.48. The van der Waals surface area contributed by atoms with Gasteiger partial charge in [-0.3, -0.25) is 0 Å². The van der Waals surface area contributed by atoms with Gasteiger partial charge in [-0.15, -0.1) is 11.3 Å². The molecular formula is C8H5F2NO2S. The minimum atomic E-state index is -3.77. The van der Waals surface area contributed by atoms with E-state index in [0.29, 0.717) is 4.88 Å². The summed E-state index contributed by atoms with van der Waals surface area (Å²) in [6.07, 6.45) is -0.866. The number of hydrogen-bond acceptors (Lipinski definition) is 3. The van der Waals surface area contributed by atoms with E-state index in [0.717, 1.165) is 11.3 Å². The van der Waals surface area contributed by atoms with Gasteiger partial charge in [0.05, 0.1) is 6.42 Å². The van der Waals surface area contributed by atoms with E-state index < -0.39 is 18.3 Å². The van der Waals surface area contributed by atoms with Crippen molar-refractivity contribution in [3.63, 3.8) is 0 Å². The minimum Gasteiger partial charge on any atom is -0.477 e. The van der Waals surface area contributed by atoms with Gasteiger partial charge >= 0.3 is 11.9 Å². The average molecular weight is 217 g/mol. The molecule has 74 valence electrons. The van der Waals surface area contributed by atoms with Gasteiger partial charge < -0.3 is 5.11 Å². The fraction of sp³-hybridized carbons (Fsp3) is 0.250. The lowest BCUT2D eigenvalue weighted by atomic mass is 10.2. The molecular weight excluding hydrogens is 212 g/mol. The molecule has 0 amide bonds. The Morgan fingerprint density at radius 3 is 2.71 bits per heavy atom. The molecule has 0 saturated heterocycles. The molecule has 0 saturated carbocycles. The van der Waals surface area contributed by atoms with E-state index in [1.165, 1.54) is 12.1 Å². The van der Waals surface area contributed by atoms with Gasteiger partial charge in [0.2, 0.25) is 0 Å².